The van der Waals surface area contributed by atoms with Crippen LogP contribution >= 0.6 is 11.8 Å². The molecule has 0 radical (unpaired) electrons. The molecule has 1 aromatic rings. The third-order valence-corrected chi connectivity index (χ3v) is 5.50. The van der Waals surface area contributed by atoms with Gasteiger partial charge in [0.15, 0.2) is 0 Å². The van der Waals surface area contributed by atoms with E-state index in [-0.39, 0.29) is 0 Å². The molecule has 1 aromatic carbocycles. The highest BCUT2D eigenvalue weighted by molar-refractivity contribution is 7.99. The Kier molecular flexibility index (Phi) is 3.95. The molecule has 1 unspecified atom stereocenters. The van der Waals surface area contributed by atoms with Gasteiger partial charge in [-0.2, -0.15) is 0 Å². The highest BCUT2D eigenvalue weighted by atomic mass is 32.2. The molecule has 2 aliphatic rings. The average Bonchev–Trinajstić information content (AvgIpc) is 2.74. The fourth-order valence-corrected chi connectivity index (χ4v) is 4.23. The molecule has 1 N–H and O–H groups in total. The minimum atomic E-state index is 0.702. The summed E-state index contributed by atoms with van der Waals surface area (Å²) in [6.45, 7) is 3.32. The third kappa shape index (κ3) is 2.60. The Hall–Kier alpha value is -0.470. The molecule has 1 saturated carbocycles. The van der Waals surface area contributed by atoms with Gasteiger partial charge in [-0.25, -0.2) is 0 Å². The van der Waals surface area contributed by atoms with Gasteiger partial charge in [0.1, 0.15) is 0 Å². The molecule has 1 aliphatic carbocycles. The highest BCUT2D eigenvalue weighted by Crippen LogP contribution is 2.34. The summed E-state index contributed by atoms with van der Waals surface area (Å²) in [5.41, 5.74) is 3.09. The summed E-state index contributed by atoms with van der Waals surface area (Å²) in [6.07, 6.45) is 6.77. The van der Waals surface area contributed by atoms with Gasteiger partial charge in [0.05, 0.1) is 0 Å². The maximum Gasteiger partial charge on any atom is 0.0136 e. The standard InChI is InChI=1S/C16H23NS/c1-2-17-15(13-4-3-5-13)10-12-6-7-14-8-9-18-16(14)11-12/h6-7,11,13,15,17H,2-5,8-10H2,1H3. The lowest BCUT2D eigenvalue weighted by Crippen LogP contribution is -2.41. The zero-order chi connectivity index (χ0) is 12.4. The zero-order valence-electron chi connectivity index (χ0n) is 11.2. The second-order valence-electron chi connectivity index (χ2n) is 5.60. The molecule has 98 valence electrons. The Balaban J connectivity index is 1.69. The van der Waals surface area contributed by atoms with Crippen molar-refractivity contribution < 1.29 is 0 Å². The van der Waals surface area contributed by atoms with Crippen LogP contribution in [0.25, 0.3) is 0 Å². The summed E-state index contributed by atoms with van der Waals surface area (Å²) in [5, 5.41) is 3.69. The van der Waals surface area contributed by atoms with Crippen molar-refractivity contribution in [2.24, 2.45) is 5.92 Å². The van der Waals surface area contributed by atoms with E-state index in [1.807, 2.05) is 11.8 Å². The second-order valence-corrected chi connectivity index (χ2v) is 6.74. The molecular formula is C16H23NS. The van der Waals surface area contributed by atoms with Crippen molar-refractivity contribution in [2.75, 3.05) is 12.3 Å². The minimum absolute atomic E-state index is 0.702. The third-order valence-electron chi connectivity index (χ3n) is 4.40. The number of hydrogen-bond acceptors (Lipinski definition) is 2. The van der Waals surface area contributed by atoms with Crippen LogP contribution < -0.4 is 5.32 Å². The summed E-state index contributed by atoms with van der Waals surface area (Å²) in [5.74, 6) is 2.20. The van der Waals surface area contributed by atoms with Gasteiger partial charge in [-0.3, -0.25) is 0 Å². The van der Waals surface area contributed by atoms with Gasteiger partial charge >= 0.3 is 0 Å². The Labute approximate surface area is 115 Å². The molecule has 1 heterocycles. The van der Waals surface area contributed by atoms with Gasteiger partial charge in [-0.1, -0.05) is 25.5 Å². The minimum Gasteiger partial charge on any atom is -0.314 e. The molecule has 3 rings (SSSR count). The molecule has 0 bridgehead atoms. The Morgan fingerprint density at radius 1 is 1.39 bits per heavy atom. The topological polar surface area (TPSA) is 12.0 Å². The number of thioether (sulfide) groups is 1. The van der Waals surface area contributed by atoms with Crippen LogP contribution in [0.2, 0.25) is 0 Å². The maximum absolute atomic E-state index is 3.69. The number of benzene rings is 1. The van der Waals surface area contributed by atoms with E-state index < -0.39 is 0 Å². The largest absolute Gasteiger partial charge is 0.314 e. The Morgan fingerprint density at radius 3 is 3.00 bits per heavy atom. The first kappa shape index (κ1) is 12.6. The number of hydrogen-bond donors (Lipinski definition) is 1. The number of likely N-dealkylation sites (N-methyl/N-ethyl adjacent to an activating group) is 1. The first-order valence-corrected chi connectivity index (χ1v) is 8.33. The molecule has 0 amide bonds. The summed E-state index contributed by atoms with van der Waals surface area (Å²) in [7, 11) is 0. The molecule has 1 nitrogen and oxygen atoms in total. The number of fused-ring (bicyclic) bond motifs is 1. The number of rotatable bonds is 5. The van der Waals surface area contributed by atoms with Gasteiger partial charge < -0.3 is 5.32 Å². The summed E-state index contributed by atoms with van der Waals surface area (Å²) in [6, 6.07) is 7.85. The SMILES string of the molecule is CCNC(Cc1ccc2c(c1)SCC2)C1CCC1. The second kappa shape index (κ2) is 5.66. The van der Waals surface area contributed by atoms with E-state index in [0.29, 0.717) is 6.04 Å². The number of nitrogens with one attached hydrogen (secondary N) is 1. The molecule has 2 heteroatoms. The zero-order valence-corrected chi connectivity index (χ0v) is 12.1. The quantitative estimate of drug-likeness (QED) is 0.868. The first-order chi connectivity index (χ1) is 8.86. The molecule has 0 spiro atoms. The van der Waals surface area contributed by atoms with Crippen LogP contribution in [0.3, 0.4) is 0 Å². The van der Waals surface area contributed by atoms with E-state index in [0.717, 1.165) is 12.5 Å². The van der Waals surface area contributed by atoms with Crippen molar-refractivity contribution in [2.45, 2.75) is 50.0 Å². The fourth-order valence-electron chi connectivity index (χ4n) is 3.10. The lowest BCUT2D eigenvalue weighted by atomic mass is 9.77. The molecule has 0 saturated heterocycles. The molecule has 0 aromatic heterocycles. The van der Waals surface area contributed by atoms with E-state index in [4.69, 9.17) is 0 Å². The van der Waals surface area contributed by atoms with Crippen LogP contribution in [-0.4, -0.2) is 18.3 Å². The predicted octanol–water partition coefficient (Wildman–Crippen LogP) is 3.66. The van der Waals surface area contributed by atoms with Crippen molar-refractivity contribution in [3.63, 3.8) is 0 Å². The van der Waals surface area contributed by atoms with Crippen LogP contribution in [0.4, 0.5) is 0 Å². The summed E-state index contributed by atoms with van der Waals surface area (Å²) < 4.78 is 0. The van der Waals surface area contributed by atoms with Gasteiger partial charge in [0.25, 0.3) is 0 Å². The molecule has 1 aliphatic heterocycles. The van der Waals surface area contributed by atoms with Crippen LogP contribution in [0, 0.1) is 5.92 Å². The van der Waals surface area contributed by atoms with Crippen molar-refractivity contribution in [1.29, 1.82) is 0 Å². The Bertz CT molecular complexity index is 412. The lowest BCUT2D eigenvalue weighted by molar-refractivity contribution is 0.229. The molecule has 18 heavy (non-hydrogen) atoms. The van der Waals surface area contributed by atoms with Gasteiger partial charge in [0.2, 0.25) is 0 Å². The van der Waals surface area contributed by atoms with Crippen molar-refractivity contribution in [3.8, 4) is 0 Å². The molecule has 1 atom stereocenters. The van der Waals surface area contributed by atoms with Gasteiger partial charge in [0, 0.05) is 16.7 Å². The lowest BCUT2D eigenvalue weighted by Gasteiger charge is -2.34. The van der Waals surface area contributed by atoms with E-state index in [9.17, 15) is 0 Å². The van der Waals surface area contributed by atoms with E-state index in [1.165, 1.54) is 48.3 Å². The normalized spacial score (nSPS) is 20.5. The maximum atomic E-state index is 3.69. The monoisotopic (exact) mass is 261 g/mol. The summed E-state index contributed by atoms with van der Waals surface area (Å²) in [4.78, 5) is 1.54. The van der Waals surface area contributed by atoms with Crippen LogP contribution in [0.1, 0.15) is 37.3 Å². The van der Waals surface area contributed by atoms with Gasteiger partial charge in [-0.05, 0) is 55.3 Å². The Morgan fingerprint density at radius 2 is 2.28 bits per heavy atom. The fraction of sp³-hybridized carbons (Fsp3) is 0.625. The van der Waals surface area contributed by atoms with Crippen LogP contribution in [-0.2, 0) is 12.8 Å². The molecule has 1 fully saturated rings. The summed E-state index contributed by atoms with van der Waals surface area (Å²) >= 11 is 2.03. The van der Waals surface area contributed by atoms with E-state index in [1.54, 1.807) is 5.56 Å². The van der Waals surface area contributed by atoms with Crippen molar-refractivity contribution >= 4 is 11.8 Å². The predicted molar refractivity (Wildman–Crippen MR) is 79.4 cm³/mol. The molecular weight excluding hydrogens is 238 g/mol. The van der Waals surface area contributed by atoms with Crippen LogP contribution in [0.15, 0.2) is 23.1 Å². The van der Waals surface area contributed by atoms with Crippen LogP contribution in [0.5, 0.6) is 0 Å². The van der Waals surface area contributed by atoms with E-state index in [2.05, 4.69) is 30.4 Å². The van der Waals surface area contributed by atoms with E-state index >= 15 is 0 Å². The average molecular weight is 261 g/mol. The van der Waals surface area contributed by atoms with Crippen molar-refractivity contribution in [1.82, 2.24) is 5.32 Å². The smallest absolute Gasteiger partial charge is 0.0136 e. The highest BCUT2D eigenvalue weighted by Gasteiger charge is 2.26. The van der Waals surface area contributed by atoms with Crippen molar-refractivity contribution in [3.05, 3.63) is 29.3 Å². The number of aryl methyl sites for hydroxylation is 1. The first-order valence-electron chi connectivity index (χ1n) is 7.35. The van der Waals surface area contributed by atoms with Gasteiger partial charge in [-0.15, -0.1) is 11.8 Å².